The highest BCUT2D eigenvalue weighted by molar-refractivity contribution is 9.10. The molecule has 0 radical (unpaired) electrons. The fourth-order valence-corrected chi connectivity index (χ4v) is 1.69. The summed E-state index contributed by atoms with van der Waals surface area (Å²) in [5.41, 5.74) is 0.505. The Morgan fingerprint density at radius 3 is 2.53 bits per heavy atom. The van der Waals surface area contributed by atoms with Crippen molar-refractivity contribution in [3.8, 4) is 0 Å². The smallest absolute Gasteiger partial charge is 0.394 e. The molecule has 0 amide bonds. The molecule has 2 N–H and O–H groups in total. The summed E-state index contributed by atoms with van der Waals surface area (Å²) >= 11 is 9.00. The first-order valence-corrected chi connectivity index (χ1v) is 5.86. The van der Waals surface area contributed by atoms with Crippen molar-refractivity contribution in [2.75, 3.05) is 13.2 Å². The van der Waals surface area contributed by atoms with Gasteiger partial charge in [-0.3, -0.25) is 5.32 Å². The third kappa shape index (κ3) is 4.83. The number of nitrogens with one attached hydrogen (secondary N) is 1. The largest absolute Gasteiger partial charge is 0.401 e. The van der Waals surface area contributed by atoms with Gasteiger partial charge in [0.05, 0.1) is 24.2 Å². The van der Waals surface area contributed by atoms with Crippen molar-refractivity contribution in [1.82, 2.24) is 5.32 Å². The van der Waals surface area contributed by atoms with Crippen molar-refractivity contribution in [3.05, 3.63) is 33.3 Å². The minimum atomic E-state index is -4.31. The Kier molecular flexibility index (Phi) is 5.24. The summed E-state index contributed by atoms with van der Waals surface area (Å²) in [6.45, 7) is -1.60. The summed E-state index contributed by atoms with van der Waals surface area (Å²) in [7, 11) is 0. The van der Waals surface area contributed by atoms with E-state index < -0.39 is 25.4 Å². The Labute approximate surface area is 110 Å². The Morgan fingerprint density at radius 1 is 1.41 bits per heavy atom. The van der Waals surface area contributed by atoms with Crippen LogP contribution in [0.2, 0.25) is 5.02 Å². The highest BCUT2D eigenvalue weighted by Gasteiger charge is 2.28. The van der Waals surface area contributed by atoms with Gasteiger partial charge in [0.25, 0.3) is 0 Å². The molecular weight excluding hydrogens is 322 g/mol. The third-order valence-electron chi connectivity index (χ3n) is 2.08. The molecule has 0 aliphatic heterocycles. The Bertz CT molecular complexity index is 386. The van der Waals surface area contributed by atoms with Crippen LogP contribution >= 0.6 is 27.5 Å². The van der Waals surface area contributed by atoms with Crippen LogP contribution in [0.5, 0.6) is 0 Å². The van der Waals surface area contributed by atoms with E-state index in [1.165, 1.54) is 6.07 Å². The number of aliphatic hydroxyl groups excluding tert-OH is 1. The first kappa shape index (κ1) is 14.8. The standard InChI is InChI=1S/C10H10BrClF3NO/c11-7-2-1-6(3-8(7)12)9(4-17)16-5-10(13,14)15/h1-3,9,16-17H,4-5H2. The molecule has 96 valence electrons. The molecular formula is C10H10BrClF3NO. The Balaban J connectivity index is 2.76. The molecule has 1 unspecified atom stereocenters. The highest BCUT2D eigenvalue weighted by Crippen LogP contribution is 2.26. The minimum Gasteiger partial charge on any atom is -0.394 e. The van der Waals surface area contributed by atoms with Crippen molar-refractivity contribution >= 4 is 27.5 Å². The number of hydrogen-bond acceptors (Lipinski definition) is 2. The number of alkyl halides is 3. The number of hydrogen-bond donors (Lipinski definition) is 2. The molecule has 0 aliphatic carbocycles. The predicted molar refractivity (Wildman–Crippen MR) is 63.0 cm³/mol. The monoisotopic (exact) mass is 331 g/mol. The zero-order chi connectivity index (χ0) is 13.1. The summed E-state index contributed by atoms with van der Waals surface area (Å²) in [5.74, 6) is 0. The predicted octanol–water partition coefficient (Wildman–Crippen LogP) is 3.29. The van der Waals surface area contributed by atoms with E-state index in [1.807, 2.05) is 0 Å². The number of rotatable bonds is 4. The summed E-state index contributed by atoms with van der Waals surface area (Å²) in [5, 5.41) is 11.7. The Morgan fingerprint density at radius 2 is 2.06 bits per heavy atom. The lowest BCUT2D eigenvalue weighted by molar-refractivity contribution is -0.126. The summed E-state index contributed by atoms with van der Waals surface area (Å²) in [4.78, 5) is 0. The molecule has 0 spiro atoms. The topological polar surface area (TPSA) is 32.3 Å². The maximum atomic E-state index is 12.0. The fraction of sp³-hybridized carbons (Fsp3) is 0.400. The van der Waals surface area contributed by atoms with Crippen LogP contribution in [0.3, 0.4) is 0 Å². The lowest BCUT2D eigenvalue weighted by atomic mass is 10.1. The molecule has 0 saturated heterocycles. The van der Waals surface area contributed by atoms with E-state index in [0.717, 1.165) is 0 Å². The highest BCUT2D eigenvalue weighted by atomic mass is 79.9. The van der Waals surface area contributed by atoms with Crippen LogP contribution in [-0.4, -0.2) is 24.4 Å². The van der Waals surface area contributed by atoms with Crippen LogP contribution in [-0.2, 0) is 0 Å². The molecule has 0 saturated carbocycles. The van der Waals surface area contributed by atoms with Crippen LogP contribution in [0, 0.1) is 0 Å². The van der Waals surface area contributed by atoms with Gasteiger partial charge in [-0.25, -0.2) is 0 Å². The van der Waals surface area contributed by atoms with Gasteiger partial charge in [0.2, 0.25) is 0 Å². The van der Waals surface area contributed by atoms with E-state index in [-0.39, 0.29) is 0 Å². The van der Waals surface area contributed by atoms with Crippen LogP contribution in [0.4, 0.5) is 13.2 Å². The second-order valence-corrected chi connectivity index (χ2v) is 4.67. The lowest BCUT2D eigenvalue weighted by Gasteiger charge is -2.18. The first-order chi connectivity index (χ1) is 7.83. The average molecular weight is 333 g/mol. The van der Waals surface area contributed by atoms with E-state index in [4.69, 9.17) is 16.7 Å². The van der Waals surface area contributed by atoms with Crippen molar-refractivity contribution in [2.45, 2.75) is 12.2 Å². The lowest BCUT2D eigenvalue weighted by Crippen LogP contribution is -2.33. The molecule has 1 atom stereocenters. The number of benzene rings is 1. The molecule has 2 nitrogen and oxygen atoms in total. The maximum Gasteiger partial charge on any atom is 0.401 e. The van der Waals surface area contributed by atoms with Gasteiger partial charge in [-0.1, -0.05) is 17.7 Å². The van der Waals surface area contributed by atoms with E-state index >= 15 is 0 Å². The molecule has 1 aromatic rings. The van der Waals surface area contributed by atoms with Crippen LogP contribution in [0.25, 0.3) is 0 Å². The van der Waals surface area contributed by atoms with Crippen LogP contribution in [0.1, 0.15) is 11.6 Å². The van der Waals surface area contributed by atoms with Crippen molar-refractivity contribution < 1.29 is 18.3 Å². The van der Waals surface area contributed by atoms with Gasteiger partial charge in [-0.2, -0.15) is 13.2 Å². The van der Waals surface area contributed by atoms with Crippen LogP contribution in [0.15, 0.2) is 22.7 Å². The maximum absolute atomic E-state index is 12.0. The van der Waals surface area contributed by atoms with Crippen molar-refractivity contribution in [1.29, 1.82) is 0 Å². The zero-order valence-corrected chi connectivity index (χ0v) is 10.9. The quantitative estimate of drug-likeness (QED) is 0.887. The average Bonchev–Trinajstić information content (AvgIpc) is 2.22. The number of halogens is 5. The van der Waals surface area contributed by atoms with Gasteiger partial charge >= 0.3 is 6.18 Å². The zero-order valence-electron chi connectivity index (χ0n) is 8.56. The van der Waals surface area contributed by atoms with Crippen molar-refractivity contribution in [3.63, 3.8) is 0 Å². The molecule has 0 aliphatic rings. The van der Waals surface area contributed by atoms with Gasteiger partial charge in [0, 0.05) is 4.47 Å². The van der Waals surface area contributed by atoms with Crippen molar-refractivity contribution in [2.24, 2.45) is 0 Å². The Hall–Kier alpha value is -0.300. The molecule has 0 fully saturated rings. The van der Waals surface area contributed by atoms with Gasteiger partial charge in [0.1, 0.15) is 0 Å². The molecule has 1 aromatic carbocycles. The molecule has 17 heavy (non-hydrogen) atoms. The third-order valence-corrected chi connectivity index (χ3v) is 3.31. The summed E-state index contributed by atoms with van der Waals surface area (Å²) < 4.78 is 36.7. The number of aliphatic hydroxyl groups is 1. The van der Waals surface area contributed by atoms with Gasteiger partial charge in [-0.05, 0) is 33.6 Å². The SMILES string of the molecule is OCC(NCC(F)(F)F)c1ccc(Br)c(Cl)c1. The summed E-state index contributed by atoms with van der Waals surface area (Å²) in [6, 6.07) is 3.94. The van der Waals surface area contributed by atoms with E-state index in [9.17, 15) is 13.2 Å². The molecule has 1 rings (SSSR count). The minimum absolute atomic E-state index is 0.384. The normalized spacial score (nSPS) is 13.8. The molecule has 7 heteroatoms. The molecule has 0 bridgehead atoms. The second kappa shape index (κ2) is 6.04. The van der Waals surface area contributed by atoms with Crippen LogP contribution < -0.4 is 5.32 Å². The van der Waals surface area contributed by atoms with E-state index in [0.29, 0.717) is 15.1 Å². The van der Waals surface area contributed by atoms with Gasteiger partial charge < -0.3 is 5.11 Å². The van der Waals surface area contributed by atoms with E-state index in [1.54, 1.807) is 12.1 Å². The van der Waals surface area contributed by atoms with Gasteiger partial charge in [0.15, 0.2) is 0 Å². The fourth-order valence-electron chi connectivity index (χ4n) is 1.26. The second-order valence-electron chi connectivity index (χ2n) is 3.40. The molecule has 0 heterocycles. The first-order valence-electron chi connectivity index (χ1n) is 4.69. The summed E-state index contributed by atoms with van der Waals surface area (Å²) in [6.07, 6.45) is -4.31. The van der Waals surface area contributed by atoms with Gasteiger partial charge in [-0.15, -0.1) is 0 Å². The van der Waals surface area contributed by atoms with E-state index in [2.05, 4.69) is 21.2 Å². The molecule has 0 aromatic heterocycles.